The van der Waals surface area contributed by atoms with Crippen LogP contribution in [-0.2, 0) is 20.9 Å². The standard InChI is InChI=1S/C26H35NO7/c1-4-5-6-7-8-9-14-34-20-12-10-19(11-13-20)21(16-24(31)33-3)25-22(28)15-18(2)27(26(25)32)17-23(29)30/h10-13,15,21,28H,4-9,14,16-17H2,1-3H3,(H,29,30)/t21-/m1/s1. The average Bonchev–Trinajstić information content (AvgIpc) is 2.80. The summed E-state index contributed by atoms with van der Waals surface area (Å²) in [4.78, 5) is 36.5. The van der Waals surface area contributed by atoms with Gasteiger partial charge in [-0.3, -0.25) is 14.4 Å². The summed E-state index contributed by atoms with van der Waals surface area (Å²) in [6, 6.07) is 8.34. The van der Waals surface area contributed by atoms with Crippen LogP contribution in [0.15, 0.2) is 35.1 Å². The van der Waals surface area contributed by atoms with Crippen LogP contribution in [0.25, 0.3) is 0 Å². The van der Waals surface area contributed by atoms with Gasteiger partial charge in [0.25, 0.3) is 5.56 Å². The maximum Gasteiger partial charge on any atom is 0.323 e. The average molecular weight is 474 g/mol. The molecule has 186 valence electrons. The monoisotopic (exact) mass is 473 g/mol. The first-order valence-electron chi connectivity index (χ1n) is 11.7. The number of aryl methyl sites for hydroxylation is 1. The van der Waals surface area contributed by atoms with Crippen molar-refractivity contribution in [2.75, 3.05) is 13.7 Å². The Hall–Kier alpha value is -3.29. The number of unbranched alkanes of at least 4 members (excludes halogenated alkanes) is 5. The molecule has 0 saturated heterocycles. The number of nitrogens with zero attached hydrogens (tertiary/aromatic N) is 1. The maximum atomic E-state index is 13.1. The van der Waals surface area contributed by atoms with Crippen LogP contribution in [0, 0.1) is 6.92 Å². The van der Waals surface area contributed by atoms with E-state index in [0.717, 1.165) is 17.4 Å². The third-order valence-electron chi connectivity index (χ3n) is 5.81. The first-order valence-corrected chi connectivity index (χ1v) is 11.7. The lowest BCUT2D eigenvalue weighted by atomic mass is 9.88. The number of aromatic nitrogens is 1. The van der Waals surface area contributed by atoms with Crippen molar-refractivity contribution in [3.05, 3.63) is 57.5 Å². The number of carboxylic acid groups (broad SMARTS) is 1. The molecule has 0 aliphatic rings. The highest BCUT2D eigenvalue weighted by atomic mass is 16.5. The molecule has 1 aromatic heterocycles. The molecule has 8 heteroatoms. The van der Waals surface area contributed by atoms with E-state index in [2.05, 4.69) is 6.92 Å². The van der Waals surface area contributed by atoms with Crippen molar-refractivity contribution < 1.29 is 29.3 Å². The molecule has 2 N–H and O–H groups in total. The van der Waals surface area contributed by atoms with E-state index in [1.807, 2.05) is 0 Å². The largest absolute Gasteiger partial charge is 0.507 e. The van der Waals surface area contributed by atoms with Crippen molar-refractivity contribution in [3.8, 4) is 11.5 Å². The van der Waals surface area contributed by atoms with Crippen molar-refractivity contribution in [3.63, 3.8) is 0 Å². The van der Waals surface area contributed by atoms with Crippen LogP contribution >= 0.6 is 0 Å². The number of esters is 1. The minimum atomic E-state index is -1.18. The lowest BCUT2D eigenvalue weighted by Crippen LogP contribution is -2.30. The fourth-order valence-corrected chi connectivity index (χ4v) is 3.93. The van der Waals surface area contributed by atoms with Crippen LogP contribution in [-0.4, -0.2) is 40.4 Å². The first-order chi connectivity index (χ1) is 16.3. The molecule has 1 atom stereocenters. The number of methoxy groups -OCH3 is 1. The summed E-state index contributed by atoms with van der Waals surface area (Å²) in [5.41, 5.74) is 0.217. The second-order valence-electron chi connectivity index (χ2n) is 8.39. The number of pyridine rings is 1. The zero-order valence-corrected chi connectivity index (χ0v) is 20.2. The SMILES string of the molecule is CCCCCCCCOc1ccc([C@@H](CC(=O)OC)c2c(O)cc(C)n(CC(=O)O)c2=O)cc1. The van der Waals surface area contributed by atoms with Gasteiger partial charge in [0, 0.05) is 11.6 Å². The molecule has 0 spiro atoms. The molecule has 8 nitrogen and oxygen atoms in total. The van der Waals surface area contributed by atoms with Gasteiger partial charge < -0.3 is 24.3 Å². The Morgan fingerprint density at radius 1 is 1.06 bits per heavy atom. The van der Waals surface area contributed by atoms with Crippen molar-refractivity contribution >= 4 is 11.9 Å². The lowest BCUT2D eigenvalue weighted by Gasteiger charge is -2.20. The predicted octanol–water partition coefficient (Wildman–Crippen LogP) is 4.38. The van der Waals surface area contributed by atoms with E-state index in [1.54, 1.807) is 31.2 Å². The maximum absolute atomic E-state index is 13.1. The summed E-state index contributed by atoms with van der Waals surface area (Å²) in [7, 11) is 1.25. The molecule has 0 radical (unpaired) electrons. The van der Waals surface area contributed by atoms with Gasteiger partial charge >= 0.3 is 11.9 Å². The molecule has 2 aromatic rings. The Balaban J connectivity index is 2.25. The summed E-state index contributed by atoms with van der Waals surface area (Å²) in [6.07, 6.45) is 6.82. The molecule has 2 rings (SSSR count). The molecular formula is C26H35NO7. The highest BCUT2D eigenvalue weighted by Gasteiger charge is 2.27. The van der Waals surface area contributed by atoms with Crippen LogP contribution in [0.4, 0.5) is 0 Å². The molecule has 1 heterocycles. The first kappa shape index (κ1) is 27.0. The van der Waals surface area contributed by atoms with Crippen molar-refractivity contribution in [1.82, 2.24) is 4.57 Å². The summed E-state index contributed by atoms with van der Waals surface area (Å²) < 4.78 is 11.7. The van der Waals surface area contributed by atoms with Gasteiger partial charge in [-0.2, -0.15) is 0 Å². The number of carbonyl (C=O) groups excluding carboxylic acids is 1. The summed E-state index contributed by atoms with van der Waals surface area (Å²) in [5, 5.41) is 19.8. The van der Waals surface area contributed by atoms with Gasteiger partial charge in [-0.1, -0.05) is 51.2 Å². The van der Waals surface area contributed by atoms with E-state index < -0.39 is 30.0 Å². The smallest absolute Gasteiger partial charge is 0.323 e. The highest BCUT2D eigenvalue weighted by molar-refractivity contribution is 5.71. The number of carbonyl (C=O) groups is 2. The van der Waals surface area contributed by atoms with E-state index in [4.69, 9.17) is 9.47 Å². The number of aliphatic carboxylic acids is 1. The van der Waals surface area contributed by atoms with E-state index in [1.165, 1.54) is 38.9 Å². The minimum absolute atomic E-state index is 0.0435. The van der Waals surface area contributed by atoms with Crippen molar-refractivity contribution in [2.24, 2.45) is 0 Å². The normalized spacial score (nSPS) is 11.7. The molecule has 0 aliphatic carbocycles. The highest BCUT2D eigenvalue weighted by Crippen LogP contribution is 2.33. The summed E-state index contributed by atoms with van der Waals surface area (Å²) in [6.45, 7) is 3.79. The van der Waals surface area contributed by atoms with Crippen LogP contribution in [0.2, 0.25) is 0 Å². The zero-order chi connectivity index (χ0) is 25.1. The van der Waals surface area contributed by atoms with Crippen LogP contribution in [0.1, 0.15) is 74.6 Å². The number of ether oxygens (including phenoxy) is 2. The van der Waals surface area contributed by atoms with E-state index >= 15 is 0 Å². The molecular weight excluding hydrogens is 438 g/mol. The topological polar surface area (TPSA) is 115 Å². The Kier molecular flexibility index (Phi) is 10.6. The third kappa shape index (κ3) is 7.64. The Bertz CT molecular complexity index is 1010. The Morgan fingerprint density at radius 3 is 2.32 bits per heavy atom. The van der Waals surface area contributed by atoms with Gasteiger partial charge in [-0.25, -0.2) is 0 Å². The Labute approximate surface area is 200 Å². The molecule has 1 aromatic carbocycles. The summed E-state index contributed by atoms with van der Waals surface area (Å²) in [5.74, 6) is -2.17. The lowest BCUT2D eigenvalue weighted by molar-refractivity contribution is -0.141. The van der Waals surface area contributed by atoms with E-state index in [-0.39, 0.29) is 17.7 Å². The van der Waals surface area contributed by atoms with Crippen LogP contribution in [0.5, 0.6) is 11.5 Å². The number of hydrogen-bond acceptors (Lipinski definition) is 6. The number of aromatic hydroxyl groups is 1. The number of hydrogen-bond donors (Lipinski definition) is 2. The molecule has 0 fully saturated rings. The molecule has 0 amide bonds. The van der Waals surface area contributed by atoms with Gasteiger partial charge in [0.15, 0.2) is 0 Å². The quantitative estimate of drug-likeness (QED) is 0.309. The predicted molar refractivity (Wildman–Crippen MR) is 129 cm³/mol. The van der Waals surface area contributed by atoms with Gasteiger partial charge in [-0.15, -0.1) is 0 Å². The van der Waals surface area contributed by atoms with Gasteiger partial charge in [-0.05, 0) is 37.1 Å². The fourth-order valence-electron chi connectivity index (χ4n) is 3.93. The molecule has 0 bridgehead atoms. The van der Waals surface area contributed by atoms with Crippen molar-refractivity contribution in [1.29, 1.82) is 0 Å². The number of rotatable bonds is 14. The molecule has 0 unspecified atom stereocenters. The minimum Gasteiger partial charge on any atom is -0.507 e. The van der Waals surface area contributed by atoms with Gasteiger partial charge in [0.05, 0.1) is 25.7 Å². The third-order valence-corrected chi connectivity index (χ3v) is 5.81. The summed E-state index contributed by atoms with van der Waals surface area (Å²) >= 11 is 0. The fraction of sp³-hybridized carbons (Fsp3) is 0.500. The van der Waals surface area contributed by atoms with Crippen LogP contribution in [0.3, 0.4) is 0 Å². The van der Waals surface area contributed by atoms with Gasteiger partial charge in [0.1, 0.15) is 18.0 Å². The van der Waals surface area contributed by atoms with Crippen LogP contribution < -0.4 is 10.3 Å². The van der Waals surface area contributed by atoms with E-state index in [0.29, 0.717) is 23.6 Å². The molecule has 34 heavy (non-hydrogen) atoms. The Morgan fingerprint density at radius 2 is 1.71 bits per heavy atom. The molecule has 0 saturated carbocycles. The second kappa shape index (κ2) is 13.4. The van der Waals surface area contributed by atoms with Crippen molar-refractivity contribution in [2.45, 2.75) is 71.3 Å². The second-order valence-corrected chi connectivity index (χ2v) is 8.39. The number of benzene rings is 1. The zero-order valence-electron chi connectivity index (χ0n) is 20.2. The van der Waals surface area contributed by atoms with Gasteiger partial charge in [0.2, 0.25) is 0 Å². The van der Waals surface area contributed by atoms with E-state index in [9.17, 15) is 24.6 Å². The molecule has 0 aliphatic heterocycles. The number of carboxylic acids is 1.